The number of hydrogen-bond acceptors (Lipinski definition) is 9. The zero-order valence-electron chi connectivity index (χ0n) is 20.2. The van der Waals surface area contributed by atoms with Crippen molar-refractivity contribution < 1.29 is 23.7 Å². The van der Waals surface area contributed by atoms with Crippen molar-refractivity contribution in [2.24, 2.45) is 0 Å². The van der Waals surface area contributed by atoms with Crippen molar-refractivity contribution in [3.05, 3.63) is 67.4 Å². The summed E-state index contributed by atoms with van der Waals surface area (Å²) in [6, 6.07) is 9.70. The molecule has 0 amide bonds. The Morgan fingerprint density at radius 2 is 2.03 bits per heavy atom. The predicted molar refractivity (Wildman–Crippen MR) is 136 cm³/mol. The fourth-order valence-electron chi connectivity index (χ4n) is 4.22. The molecule has 0 spiro atoms. The number of aromatic nitrogens is 4. The van der Waals surface area contributed by atoms with Crippen molar-refractivity contribution in [2.75, 3.05) is 25.5 Å². The lowest BCUT2D eigenvalue weighted by atomic mass is 10.1. The molecule has 2 aromatic heterocycles. The van der Waals surface area contributed by atoms with Crippen LogP contribution in [0.2, 0.25) is 0 Å². The Hall–Kier alpha value is -4.22. The van der Waals surface area contributed by atoms with Gasteiger partial charge < -0.3 is 24.6 Å². The fraction of sp³-hybridized carbons (Fsp3) is 0.269. The van der Waals surface area contributed by atoms with E-state index in [0.717, 1.165) is 12.8 Å². The first-order valence-corrected chi connectivity index (χ1v) is 11.8. The molecule has 3 heterocycles. The number of hydrogen-bond donors (Lipinski definition) is 3. The first kappa shape index (κ1) is 24.5. The van der Waals surface area contributed by atoms with E-state index in [1.165, 1.54) is 18.5 Å². The molecule has 0 saturated carbocycles. The number of fused-ring (bicyclic) bond motifs is 1. The standard InChI is InChI=1S/C26H27FN6O4/c1-3-25(34)33-10-7-16(8-11-33)36-23-13-18-21(14-22(23)35-2)28-15-29-26(18)31-20-5-4-17(12-19(20)27)37-24-6-9-30-32-24/h3-6,9,12-16,25,34H,1,7-8,10-11H2,2H3,(H,30,32)(H,28,29,31). The monoisotopic (exact) mass is 506 g/mol. The molecule has 1 atom stereocenters. The van der Waals surface area contributed by atoms with Crippen LogP contribution in [0.4, 0.5) is 15.9 Å². The number of nitrogens with zero attached hydrogens (tertiary/aromatic N) is 4. The molecule has 37 heavy (non-hydrogen) atoms. The Kier molecular flexibility index (Phi) is 7.15. The summed E-state index contributed by atoms with van der Waals surface area (Å²) in [5.41, 5.74) is 0.841. The summed E-state index contributed by atoms with van der Waals surface area (Å²) in [5.74, 6) is 1.72. The molecule has 0 aliphatic carbocycles. The summed E-state index contributed by atoms with van der Waals surface area (Å²) >= 11 is 0. The molecule has 11 heteroatoms. The lowest BCUT2D eigenvalue weighted by Gasteiger charge is -2.34. The molecule has 1 aliphatic heterocycles. The Bertz CT molecular complexity index is 1380. The van der Waals surface area contributed by atoms with Crippen molar-refractivity contribution in [1.29, 1.82) is 0 Å². The highest BCUT2D eigenvalue weighted by atomic mass is 19.1. The van der Waals surface area contributed by atoms with Crippen LogP contribution in [0.25, 0.3) is 10.9 Å². The molecular formula is C26H27FN6O4. The highest BCUT2D eigenvalue weighted by molar-refractivity contribution is 5.93. The second-order valence-electron chi connectivity index (χ2n) is 8.53. The number of benzene rings is 2. The lowest BCUT2D eigenvalue weighted by molar-refractivity contribution is 0.000482. The first-order chi connectivity index (χ1) is 18.0. The van der Waals surface area contributed by atoms with Crippen molar-refractivity contribution in [3.8, 4) is 23.1 Å². The molecule has 2 aromatic carbocycles. The van der Waals surface area contributed by atoms with Gasteiger partial charge in [-0.2, -0.15) is 5.10 Å². The second-order valence-corrected chi connectivity index (χ2v) is 8.53. The average molecular weight is 507 g/mol. The van der Waals surface area contributed by atoms with Crippen LogP contribution in [0.15, 0.2) is 61.6 Å². The van der Waals surface area contributed by atoms with Gasteiger partial charge in [0.05, 0.1) is 24.5 Å². The third kappa shape index (κ3) is 5.47. The smallest absolute Gasteiger partial charge is 0.215 e. The van der Waals surface area contributed by atoms with Gasteiger partial charge in [-0.25, -0.2) is 19.5 Å². The summed E-state index contributed by atoms with van der Waals surface area (Å²) in [6.07, 6.45) is 5.23. The van der Waals surface area contributed by atoms with E-state index in [1.54, 1.807) is 43.6 Å². The van der Waals surface area contributed by atoms with Gasteiger partial charge in [-0.3, -0.25) is 4.90 Å². The molecule has 1 saturated heterocycles. The topological polar surface area (TPSA) is 118 Å². The molecule has 0 radical (unpaired) electrons. The van der Waals surface area contributed by atoms with Crippen LogP contribution in [0.5, 0.6) is 23.1 Å². The van der Waals surface area contributed by atoms with E-state index in [9.17, 15) is 9.50 Å². The second kappa shape index (κ2) is 10.8. The van der Waals surface area contributed by atoms with Gasteiger partial charge in [0.2, 0.25) is 5.88 Å². The van der Waals surface area contributed by atoms with E-state index in [2.05, 4.69) is 32.1 Å². The Labute approximate surface area is 212 Å². The lowest BCUT2D eigenvalue weighted by Crippen LogP contribution is -2.43. The van der Waals surface area contributed by atoms with E-state index in [4.69, 9.17) is 14.2 Å². The number of aliphatic hydroxyl groups excluding tert-OH is 1. The third-order valence-corrected chi connectivity index (χ3v) is 6.17. The number of anilines is 2. The molecule has 1 fully saturated rings. The SMILES string of the molecule is C=CC(O)N1CCC(Oc2cc3c(Nc4ccc(Oc5ccn[nH]5)cc4F)ncnc3cc2OC)CC1. The van der Waals surface area contributed by atoms with Gasteiger partial charge >= 0.3 is 0 Å². The van der Waals surface area contributed by atoms with Crippen LogP contribution >= 0.6 is 0 Å². The van der Waals surface area contributed by atoms with Crippen molar-refractivity contribution in [1.82, 2.24) is 25.1 Å². The molecular weight excluding hydrogens is 479 g/mol. The molecule has 3 N–H and O–H groups in total. The Morgan fingerprint density at radius 3 is 2.73 bits per heavy atom. The van der Waals surface area contributed by atoms with E-state index >= 15 is 0 Å². The molecule has 5 rings (SSSR count). The predicted octanol–water partition coefficient (Wildman–Crippen LogP) is 4.38. The minimum atomic E-state index is -0.659. The summed E-state index contributed by atoms with van der Waals surface area (Å²) in [7, 11) is 1.57. The van der Waals surface area contributed by atoms with Crippen LogP contribution in [0, 0.1) is 5.82 Å². The zero-order chi connectivity index (χ0) is 25.8. The largest absolute Gasteiger partial charge is 0.493 e. The third-order valence-electron chi connectivity index (χ3n) is 6.17. The number of H-pyrrole nitrogens is 1. The molecule has 1 unspecified atom stereocenters. The number of aliphatic hydroxyl groups is 1. The number of piperidine rings is 1. The molecule has 10 nitrogen and oxygen atoms in total. The van der Waals surface area contributed by atoms with Gasteiger partial charge in [0, 0.05) is 36.7 Å². The quantitative estimate of drug-likeness (QED) is 0.284. The maximum Gasteiger partial charge on any atom is 0.215 e. The number of likely N-dealkylation sites (tertiary alicyclic amines) is 1. The minimum Gasteiger partial charge on any atom is -0.493 e. The Balaban J connectivity index is 1.37. The number of halogens is 1. The molecule has 192 valence electrons. The normalized spacial score (nSPS) is 15.3. The Morgan fingerprint density at radius 1 is 1.19 bits per heavy atom. The van der Waals surface area contributed by atoms with Crippen LogP contribution in [0.1, 0.15) is 12.8 Å². The number of aromatic amines is 1. The number of nitrogens with one attached hydrogen (secondary N) is 2. The van der Waals surface area contributed by atoms with Crippen LogP contribution in [0.3, 0.4) is 0 Å². The molecule has 0 bridgehead atoms. The van der Waals surface area contributed by atoms with Gasteiger partial charge in [-0.05, 0) is 37.1 Å². The molecule has 4 aromatic rings. The number of methoxy groups -OCH3 is 1. The van der Waals surface area contributed by atoms with Gasteiger partial charge in [-0.1, -0.05) is 6.58 Å². The maximum absolute atomic E-state index is 14.9. The number of rotatable bonds is 9. The van der Waals surface area contributed by atoms with Crippen molar-refractivity contribution >= 4 is 22.4 Å². The van der Waals surface area contributed by atoms with E-state index in [0.29, 0.717) is 52.9 Å². The maximum atomic E-state index is 14.9. The summed E-state index contributed by atoms with van der Waals surface area (Å²) in [4.78, 5) is 10.6. The van der Waals surface area contributed by atoms with E-state index < -0.39 is 12.0 Å². The summed E-state index contributed by atoms with van der Waals surface area (Å²) < 4.78 is 32.3. The van der Waals surface area contributed by atoms with Crippen LogP contribution in [-0.4, -0.2) is 62.7 Å². The van der Waals surface area contributed by atoms with E-state index in [1.807, 2.05) is 4.90 Å². The fourth-order valence-corrected chi connectivity index (χ4v) is 4.22. The van der Waals surface area contributed by atoms with Gasteiger partial charge in [0.25, 0.3) is 0 Å². The zero-order valence-corrected chi connectivity index (χ0v) is 20.2. The highest BCUT2D eigenvalue weighted by Gasteiger charge is 2.25. The van der Waals surface area contributed by atoms with Crippen molar-refractivity contribution in [2.45, 2.75) is 25.2 Å². The highest BCUT2D eigenvalue weighted by Crippen LogP contribution is 2.37. The minimum absolute atomic E-state index is 0.0551. The average Bonchev–Trinajstić information content (AvgIpc) is 3.43. The van der Waals surface area contributed by atoms with Crippen LogP contribution < -0.4 is 19.5 Å². The van der Waals surface area contributed by atoms with E-state index in [-0.39, 0.29) is 11.8 Å². The van der Waals surface area contributed by atoms with Gasteiger partial charge in [-0.15, -0.1) is 0 Å². The van der Waals surface area contributed by atoms with Crippen LogP contribution in [-0.2, 0) is 0 Å². The summed E-state index contributed by atoms with van der Waals surface area (Å²) in [6.45, 7) is 5.01. The van der Waals surface area contributed by atoms with Gasteiger partial charge in [0.1, 0.15) is 36.0 Å². The van der Waals surface area contributed by atoms with Crippen molar-refractivity contribution in [3.63, 3.8) is 0 Å². The first-order valence-electron chi connectivity index (χ1n) is 11.8. The number of ether oxygens (including phenoxy) is 3. The summed E-state index contributed by atoms with van der Waals surface area (Å²) in [5, 5.41) is 20.2. The molecule has 1 aliphatic rings. The van der Waals surface area contributed by atoms with Gasteiger partial charge in [0.15, 0.2) is 11.5 Å².